The van der Waals surface area contributed by atoms with Crippen LogP contribution in [0.25, 0.3) is 0 Å². The van der Waals surface area contributed by atoms with Gasteiger partial charge >= 0.3 is 0 Å². The Morgan fingerprint density at radius 3 is 2.94 bits per heavy atom. The molecule has 0 aromatic heterocycles. The Hall–Kier alpha value is -1.42. The summed E-state index contributed by atoms with van der Waals surface area (Å²) in [5.41, 5.74) is 6.74. The van der Waals surface area contributed by atoms with Crippen molar-refractivity contribution in [3.05, 3.63) is 29.6 Å². The Balaban J connectivity index is 2.31. The maximum atomic E-state index is 13.4. The van der Waals surface area contributed by atoms with Gasteiger partial charge in [-0.3, -0.25) is 4.79 Å². The summed E-state index contributed by atoms with van der Waals surface area (Å²) in [6, 6.07) is 4.80. The zero-order chi connectivity index (χ0) is 11.7. The van der Waals surface area contributed by atoms with E-state index in [9.17, 15) is 9.18 Å². The van der Waals surface area contributed by atoms with Crippen LogP contribution in [0, 0.1) is 18.7 Å². The highest BCUT2D eigenvalue weighted by Crippen LogP contribution is 2.28. The van der Waals surface area contributed by atoms with Crippen molar-refractivity contribution >= 4 is 11.6 Å². The molecule has 1 unspecified atom stereocenters. The molecule has 1 aliphatic rings. The lowest BCUT2D eigenvalue weighted by molar-refractivity contribution is -0.117. The van der Waals surface area contributed by atoms with E-state index < -0.39 is 0 Å². The van der Waals surface area contributed by atoms with Crippen molar-refractivity contribution in [1.82, 2.24) is 0 Å². The van der Waals surface area contributed by atoms with Gasteiger partial charge in [-0.1, -0.05) is 6.07 Å². The van der Waals surface area contributed by atoms with Gasteiger partial charge in [-0.2, -0.15) is 0 Å². The predicted molar refractivity (Wildman–Crippen MR) is 60.7 cm³/mol. The maximum Gasteiger partial charge on any atom is 0.227 e. The lowest BCUT2D eigenvalue weighted by Crippen LogP contribution is -2.26. The van der Waals surface area contributed by atoms with Gasteiger partial charge in [0, 0.05) is 24.2 Å². The van der Waals surface area contributed by atoms with Crippen molar-refractivity contribution < 1.29 is 9.18 Å². The van der Waals surface area contributed by atoms with E-state index in [1.807, 2.05) is 0 Å². The van der Waals surface area contributed by atoms with Crippen LogP contribution >= 0.6 is 0 Å². The third-order valence-electron chi connectivity index (χ3n) is 3.07. The third-order valence-corrected chi connectivity index (χ3v) is 3.07. The summed E-state index contributed by atoms with van der Waals surface area (Å²) >= 11 is 0. The molecule has 1 amide bonds. The standard InChI is InChI=1S/C12H15FN2O/c1-8-10(13)3-2-4-11(8)15-7-9(6-14)5-12(15)16/h2-4,9H,5-7,14H2,1H3. The molecule has 16 heavy (non-hydrogen) atoms. The van der Waals surface area contributed by atoms with Crippen molar-refractivity contribution in [1.29, 1.82) is 0 Å². The third kappa shape index (κ3) is 1.80. The quantitative estimate of drug-likeness (QED) is 0.823. The van der Waals surface area contributed by atoms with Crippen LogP contribution in [0.3, 0.4) is 0 Å². The van der Waals surface area contributed by atoms with Gasteiger partial charge in [0.2, 0.25) is 5.91 Å². The number of nitrogens with zero attached hydrogens (tertiary/aromatic N) is 1. The minimum atomic E-state index is -0.276. The summed E-state index contributed by atoms with van der Waals surface area (Å²) in [6.45, 7) is 2.78. The first kappa shape index (κ1) is 11.1. The number of halogens is 1. The highest BCUT2D eigenvalue weighted by Gasteiger charge is 2.30. The first-order chi connectivity index (χ1) is 7.63. The summed E-state index contributed by atoms with van der Waals surface area (Å²) in [4.78, 5) is 13.4. The van der Waals surface area contributed by atoms with Crippen molar-refractivity contribution in [2.75, 3.05) is 18.0 Å². The van der Waals surface area contributed by atoms with Crippen molar-refractivity contribution in [2.24, 2.45) is 11.7 Å². The molecule has 1 aromatic rings. The summed E-state index contributed by atoms with van der Waals surface area (Å²) in [5.74, 6) is -0.0548. The molecule has 2 rings (SSSR count). The van der Waals surface area contributed by atoms with Gasteiger partial charge in [0.05, 0.1) is 0 Å². The number of rotatable bonds is 2. The van der Waals surface area contributed by atoms with Gasteiger partial charge < -0.3 is 10.6 Å². The van der Waals surface area contributed by atoms with E-state index >= 15 is 0 Å². The topological polar surface area (TPSA) is 46.3 Å². The molecule has 1 fully saturated rings. The number of carbonyl (C=O) groups is 1. The van der Waals surface area contributed by atoms with E-state index in [4.69, 9.17) is 5.73 Å². The number of amides is 1. The lowest BCUT2D eigenvalue weighted by Gasteiger charge is -2.19. The van der Waals surface area contributed by atoms with E-state index in [0.29, 0.717) is 30.8 Å². The van der Waals surface area contributed by atoms with E-state index in [1.54, 1.807) is 24.0 Å². The molecule has 1 heterocycles. The molecule has 1 aliphatic heterocycles. The summed E-state index contributed by atoms with van der Waals surface area (Å²) < 4.78 is 13.4. The molecule has 0 spiro atoms. The van der Waals surface area contributed by atoms with E-state index in [0.717, 1.165) is 0 Å². The number of anilines is 1. The lowest BCUT2D eigenvalue weighted by atomic mass is 10.1. The van der Waals surface area contributed by atoms with Gasteiger partial charge in [-0.25, -0.2) is 4.39 Å². The van der Waals surface area contributed by atoms with Crippen LogP contribution in [0.4, 0.5) is 10.1 Å². The van der Waals surface area contributed by atoms with Crippen molar-refractivity contribution in [3.63, 3.8) is 0 Å². The van der Waals surface area contributed by atoms with Gasteiger partial charge in [-0.15, -0.1) is 0 Å². The fraction of sp³-hybridized carbons (Fsp3) is 0.417. The van der Waals surface area contributed by atoms with E-state index in [2.05, 4.69) is 0 Å². The molecular formula is C12H15FN2O. The van der Waals surface area contributed by atoms with Crippen molar-refractivity contribution in [3.8, 4) is 0 Å². The van der Waals surface area contributed by atoms with E-state index in [-0.39, 0.29) is 17.6 Å². The average molecular weight is 222 g/mol. The second-order valence-corrected chi connectivity index (χ2v) is 4.19. The van der Waals surface area contributed by atoms with Crippen LogP contribution in [0.2, 0.25) is 0 Å². The normalized spacial score (nSPS) is 20.6. The highest BCUT2D eigenvalue weighted by atomic mass is 19.1. The Labute approximate surface area is 94.0 Å². The van der Waals surface area contributed by atoms with E-state index in [1.165, 1.54) is 6.07 Å². The van der Waals surface area contributed by atoms with Crippen LogP contribution in [0.1, 0.15) is 12.0 Å². The fourth-order valence-corrected chi connectivity index (χ4v) is 2.06. The SMILES string of the molecule is Cc1c(F)cccc1N1CC(CN)CC1=O. The number of carbonyl (C=O) groups excluding carboxylic acids is 1. The Bertz CT molecular complexity index is 419. The first-order valence-corrected chi connectivity index (χ1v) is 5.39. The van der Waals surface area contributed by atoms with Gasteiger partial charge in [0.25, 0.3) is 0 Å². The molecule has 1 atom stereocenters. The molecular weight excluding hydrogens is 207 g/mol. The number of hydrogen-bond donors (Lipinski definition) is 1. The van der Waals surface area contributed by atoms with Crippen LogP contribution < -0.4 is 10.6 Å². The van der Waals surface area contributed by atoms with Crippen molar-refractivity contribution in [2.45, 2.75) is 13.3 Å². The van der Waals surface area contributed by atoms with Crippen LogP contribution in [-0.2, 0) is 4.79 Å². The van der Waals surface area contributed by atoms with Crippen LogP contribution in [0.5, 0.6) is 0 Å². The minimum Gasteiger partial charge on any atom is -0.330 e. The molecule has 1 saturated heterocycles. The second-order valence-electron chi connectivity index (χ2n) is 4.19. The fourth-order valence-electron chi connectivity index (χ4n) is 2.06. The monoisotopic (exact) mass is 222 g/mol. The molecule has 0 saturated carbocycles. The van der Waals surface area contributed by atoms with Crippen LogP contribution in [0.15, 0.2) is 18.2 Å². The molecule has 4 heteroatoms. The van der Waals surface area contributed by atoms with Crippen LogP contribution in [-0.4, -0.2) is 19.0 Å². The maximum absolute atomic E-state index is 13.4. The largest absolute Gasteiger partial charge is 0.330 e. The number of benzene rings is 1. The second kappa shape index (κ2) is 4.22. The average Bonchev–Trinajstić information content (AvgIpc) is 2.64. The zero-order valence-corrected chi connectivity index (χ0v) is 9.24. The Morgan fingerprint density at radius 2 is 2.31 bits per heavy atom. The molecule has 2 N–H and O–H groups in total. The molecule has 0 aliphatic carbocycles. The van der Waals surface area contributed by atoms with Gasteiger partial charge in [0.1, 0.15) is 5.82 Å². The smallest absolute Gasteiger partial charge is 0.227 e. The zero-order valence-electron chi connectivity index (χ0n) is 9.24. The minimum absolute atomic E-state index is 0.0316. The van der Waals surface area contributed by atoms with Gasteiger partial charge in [0.15, 0.2) is 0 Å². The highest BCUT2D eigenvalue weighted by molar-refractivity contribution is 5.96. The summed E-state index contributed by atoms with van der Waals surface area (Å²) in [7, 11) is 0. The summed E-state index contributed by atoms with van der Waals surface area (Å²) in [5, 5.41) is 0. The number of hydrogen-bond acceptors (Lipinski definition) is 2. The Kier molecular flexibility index (Phi) is 2.92. The Morgan fingerprint density at radius 1 is 1.56 bits per heavy atom. The summed E-state index contributed by atoms with van der Waals surface area (Å²) in [6.07, 6.45) is 0.465. The molecule has 3 nitrogen and oxygen atoms in total. The number of nitrogens with two attached hydrogens (primary N) is 1. The molecule has 86 valence electrons. The molecule has 0 bridgehead atoms. The predicted octanol–water partition coefficient (Wildman–Crippen LogP) is 1.45. The van der Waals surface area contributed by atoms with Gasteiger partial charge in [-0.05, 0) is 31.5 Å². The molecule has 0 radical (unpaired) electrons. The first-order valence-electron chi connectivity index (χ1n) is 5.39. The molecule has 1 aromatic carbocycles.